The molecule has 6 heteroatoms. The molecule has 88 valence electrons. The number of aliphatic carboxylic acids is 1. The number of rotatable bonds is 4. The molecule has 1 aromatic carbocycles. The highest BCUT2D eigenvalue weighted by Gasteiger charge is 2.07. The van der Waals surface area contributed by atoms with Crippen molar-refractivity contribution in [2.45, 2.75) is 12.8 Å². The molecule has 0 heterocycles. The maximum atomic E-state index is 11.3. The van der Waals surface area contributed by atoms with Crippen LogP contribution in [0, 0.1) is 6.57 Å². The second-order valence-electron chi connectivity index (χ2n) is 3.22. The minimum atomic E-state index is -1.03. The first-order valence-electron chi connectivity index (χ1n) is 4.71. The summed E-state index contributed by atoms with van der Waals surface area (Å²) in [6.45, 7) is 6.80. The van der Waals surface area contributed by atoms with Gasteiger partial charge >= 0.3 is 5.97 Å². The van der Waals surface area contributed by atoms with Crippen LogP contribution in [0.4, 0.5) is 11.4 Å². The van der Waals surface area contributed by atoms with Gasteiger partial charge in [-0.2, -0.15) is 0 Å². The molecule has 5 nitrogen and oxygen atoms in total. The molecule has 0 saturated heterocycles. The van der Waals surface area contributed by atoms with E-state index < -0.39 is 11.9 Å². The summed E-state index contributed by atoms with van der Waals surface area (Å²) in [4.78, 5) is 24.7. The first-order chi connectivity index (χ1) is 8.02. The molecule has 0 radical (unpaired) electrons. The smallest absolute Gasteiger partial charge is 0.303 e. The number of hydrogen-bond acceptors (Lipinski definition) is 2. The molecule has 1 rings (SSSR count). The monoisotopic (exact) mass is 252 g/mol. The lowest BCUT2D eigenvalue weighted by Crippen LogP contribution is -2.13. The van der Waals surface area contributed by atoms with E-state index in [4.69, 9.17) is 23.3 Å². The molecular weight excluding hydrogens is 244 g/mol. The van der Waals surface area contributed by atoms with Crippen molar-refractivity contribution < 1.29 is 14.7 Å². The number of hydrogen-bond donors (Lipinski definition) is 2. The van der Waals surface area contributed by atoms with Gasteiger partial charge in [-0.1, -0.05) is 17.7 Å². The van der Waals surface area contributed by atoms with E-state index in [2.05, 4.69) is 10.2 Å². The Hall–Kier alpha value is -2.06. The lowest BCUT2D eigenvalue weighted by molar-refractivity contribution is -0.138. The molecule has 0 saturated carbocycles. The molecule has 0 bridgehead atoms. The molecule has 2 N–H and O–H groups in total. The Kier molecular flexibility index (Phi) is 4.49. The summed E-state index contributed by atoms with van der Waals surface area (Å²) in [5.74, 6) is -1.43. The van der Waals surface area contributed by atoms with Crippen molar-refractivity contribution in [3.63, 3.8) is 0 Å². The summed E-state index contributed by atoms with van der Waals surface area (Å²) < 4.78 is 0. The number of carboxylic acid groups (broad SMARTS) is 1. The molecule has 0 aliphatic heterocycles. The van der Waals surface area contributed by atoms with Crippen molar-refractivity contribution >= 4 is 34.9 Å². The molecule has 17 heavy (non-hydrogen) atoms. The largest absolute Gasteiger partial charge is 0.481 e. The van der Waals surface area contributed by atoms with Gasteiger partial charge in [0.15, 0.2) is 0 Å². The summed E-state index contributed by atoms with van der Waals surface area (Å²) in [5.41, 5.74) is 0.744. The third-order valence-corrected chi connectivity index (χ3v) is 2.22. The molecule has 1 amide bonds. The van der Waals surface area contributed by atoms with Gasteiger partial charge in [-0.3, -0.25) is 9.59 Å². The Morgan fingerprint density at radius 1 is 1.41 bits per heavy atom. The van der Waals surface area contributed by atoms with Crippen LogP contribution in [0.15, 0.2) is 18.2 Å². The first-order valence-corrected chi connectivity index (χ1v) is 5.09. The van der Waals surface area contributed by atoms with E-state index in [1.54, 1.807) is 0 Å². The van der Waals surface area contributed by atoms with Gasteiger partial charge in [-0.25, -0.2) is 4.85 Å². The van der Waals surface area contributed by atoms with Gasteiger partial charge < -0.3 is 10.4 Å². The second-order valence-corrected chi connectivity index (χ2v) is 3.63. The molecular formula is C11H9ClN2O3. The van der Waals surface area contributed by atoms with Crippen molar-refractivity contribution in [2.24, 2.45) is 0 Å². The Bertz CT molecular complexity index is 494. The molecule has 0 aliphatic rings. The van der Waals surface area contributed by atoms with Gasteiger partial charge in [0, 0.05) is 17.1 Å². The number of carboxylic acids is 1. The zero-order valence-electron chi connectivity index (χ0n) is 8.74. The van der Waals surface area contributed by atoms with Crippen molar-refractivity contribution in [2.75, 3.05) is 5.32 Å². The zero-order valence-corrected chi connectivity index (χ0v) is 9.49. The number of amides is 1. The Morgan fingerprint density at radius 2 is 2.12 bits per heavy atom. The fraction of sp³-hybridized carbons (Fsp3) is 0.182. The zero-order chi connectivity index (χ0) is 12.8. The summed E-state index contributed by atoms with van der Waals surface area (Å²) in [6.07, 6.45) is -0.322. The highest BCUT2D eigenvalue weighted by Crippen LogP contribution is 2.27. The minimum absolute atomic E-state index is 0.0997. The van der Waals surface area contributed by atoms with Crippen LogP contribution in [0.1, 0.15) is 12.8 Å². The van der Waals surface area contributed by atoms with Gasteiger partial charge in [0.05, 0.1) is 13.0 Å². The van der Waals surface area contributed by atoms with E-state index >= 15 is 0 Å². The molecule has 0 atom stereocenters. The van der Waals surface area contributed by atoms with Crippen LogP contribution in [0.25, 0.3) is 4.85 Å². The minimum Gasteiger partial charge on any atom is -0.481 e. The van der Waals surface area contributed by atoms with E-state index in [0.717, 1.165) is 0 Å². The van der Waals surface area contributed by atoms with Crippen LogP contribution in [0.3, 0.4) is 0 Å². The summed E-state index contributed by atoms with van der Waals surface area (Å²) in [7, 11) is 0. The predicted octanol–water partition coefficient (Wildman–Crippen LogP) is 2.69. The third-order valence-electron chi connectivity index (χ3n) is 1.92. The van der Waals surface area contributed by atoms with E-state index in [1.165, 1.54) is 18.2 Å². The second kappa shape index (κ2) is 5.87. The summed E-state index contributed by atoms with van der Waals surface area (Å²) >= 11 is 5.78. The van der Waals surface area contributed by atoms with Crippen molar-refractivity contribution in [1.82, 2.24) is 0 Å². The summed E-state index contributed by atoms with van der Waals surface area (Å²) in [6, 6.07) is 4.48. The van der Waals surface area contributed by atoms with E-state index in [-0.39, 0.29) is 17.9 Å². The lowest BCUT2D eigenvalue weighted by atomic mass is 10.2. The first kappa shape index (κ1) is 13.0. The molecule has 0 aromatic heterocycles. The van der Waals surface area contributed by atoms with E-state index in [1.807, 2.05) is 0 Å². The number of benzene rings is 1. The van der Waals surface area contributed by atoms with Crippen LogP contribution in [0.5, 0.6) is 0 Å². The topological polar surface area (TPSA) is 70.8 Å². The van der Waals surface area contributed by atoms with Crippen molar-refractivity contribution in [1.29, 1.82) is 0 Å². The normalized spacial score (nSPS) is 9.41. The maximum absolute atomic E-state index is 11.3. The fourth-order valence-corrected chi connectivity index (χ4v) is 1.34. The maximum Gasteiger partial charge on any atom is 0.303 e. The van der Waals surface area contributed by atoms with Gasteiger partial charge in [-0.15, -0.1) is 0 Å². The number of halogens is 1. The van der Waals surface area contributed by atoms with Gasteiger partial charge in [0.25, 0.3) is 0 Å². The highest BCUT2D eigenvalue weighted by atomic mass is 35.5. The average molecular weight is 253 g/mol. The Balaban J connectivity index is 2.64. The lowest BCUT2D eigenvalue weighted by Gasteiger charge is -2.05. The predicted molar refractivity (Wildman–Crippen MR) is 63.2 cm³/mol. The van der Waals surface area contributed by atoms with Crippen LogP contribution >= 0.6 is 11.6 Å². The van der Waals surface area contributed by atoms with Crippen LogP contribution in [-0.2, 0) is 9.59 Å². The van der Waals surface area contributed by atoms with Gasteiger partial charge in [0.2, 0.25) is 11.6 Å². The number of nitrogens with zero attached hydrogens (tertiary/aromatic N) is 1. The number of nitrogens with one attached hydrogen (secondary N) is 1. The number of carbonyl (C=O) groups excluding carboxylic acids is 1. The van der Waals surface area contributed by atoms with Gasteiger partial charge in [0.1, 0.15) is 0 Å². The molecule has 0 aliphatic carbocycles. The van der Waals surface area contributed by atoms with Gasteiger partial charge in [-0.05, 0) is 12.1 Å². The molecule has 0 unspecified atom stereocenters. The SMILES string of the molecule is [C-]#[N+]c1ccc(NC(=O)CCC(=O)O)cc1Cl. The fourth-order valence-electron chi connectivity index (χ4n) is 1.12. The third kappa shape index (κ3) is 4.13. The Labute approximate surface area is 103 Å². The van der Waals surface area contributed by atoms with Crippen LogP contribution in [-0.4, -0.2) is 17.0 Å². The molecule has 0 spiro atoms. The standard InChI is InChI=1S/C11H9ClN2O3/c1-13-9-3-2-7(6-8(9)12)14-10(15)4-5-11(16)17/h2-3,6H,4-5H2,(H,14,15)(H,16,17). The van der Waals surface area contributed by atoms with Crippen LogP contribution in [0.2, 0.25) is 5.02 Å². The van der Waals surface area contributed by atoms with Crippen molar-refractivity contribution in [3.8, 4) is 0 Å². The van der Waals surface area contributed by atoms with Crippen molar-refractivity contribution in [3.05, 3.63) is 34.6 Å². The quantitative estimate of drug-likeness (QED) is 0.810. The Morgan fingerprint density at radius 3 is 2.65 bits per heavy atom. The number of carbonyl (C=O) groups is 2. The van der Waals surface area contributed by atoms with Crippen LogP contribution < -0.4 is 5.32 Å². The molecule has 1 aromatic rings. The number of anilines is 1. The van der Waals surface area contributed by atoms with E-state index in [9.17, 15) is 9.59 Å². The summed E-state index contributed by atoms with van der Waals surface area (Å²) in [5, 5.41) is 11.2. The highest BCUT2D eigenvalue weighted by molar-refractivity contribution is 6.33. The average Bonchev–Trinajstić information content (AvgIpc) is 2.26. The molecule has 0 fully saturated rings. The van der Waals surface area contributed by atoms with E-state index in [0.29, 0.717) is 11.4 Å².